The minimum absolute atomic E-state index is 0.0884. The van der Waals surface area contributed by atoms with E-state index in [9.17, 15) is 4.79 Å². The fraction of sp³-hybridized carbons (Fsp3) is 0.588. The van der Waals surface area contributed by atoms with Gasteiger partial charge in [0.2, 0.25) is 0 Å². The molecule has 1 saturated heterocycles. The van der Waals surface area contributed by atoms with E-state index in [2.05, 4.69) is 25.1 Å². The van der Waals surface area contributed by atoms with Gasteiger partial charge in [-0.2, -0.15) is 0 Å². The number of piperidine rings is 1. The second-order valence-electron chi connectivity index (χ2n) is 6.90. The average Bonchev–Trinajstić information content (AvgIpc) is 2.37. The molecule has 1 aromatic carbocycles. The summed E-state index contributed by atoms with van der Waals surface area (Å²) in [4.78, 5) is 14.0. The van der Waals surface area contributed by atoms with Gasteiger partial charge in [0.15, 0.2) is 0 Å². The van der Waals surface area contributed by atoms with E-state index >= 15 is 0 Å². The molecular weight excluding hydrogens is 264 g/mol. The van der Waals surface area contributed by atoms with Crippen molar-refractivity contribution in [2.75, 3.05) is 13.1 Å². The van der Waals surface area contributed by atoms with Gasteiger partial charge >= 0.3 is 6.09 Å². The standard InChI is InChI=1S/C17H26N2O2/c1-12-6-5-7-13(10-12)14-11-19(9-8-15(14)18)16(20)21-17(2,3)4/h5-7,10,14-15H,8-9,11,18H2,1-4H3/t14-,15-/m0/s1. The number of amides is 1. The van der Waals surface area contributed by atoms with Crippen molar-refractivity contribution in [1.82, 2.24) is 4.90 Å². The highest BCUT2D eigenvalue weighted by Crippen LogP contribution is 2.27. The SMILES string of the molecule is Cc1cccc([C@@H]2CN(C(=O)OC(C)(C)C)CC[C@@H]2N)c1. The molecule has 4 heteroatoms. The monoisotopic (exact) mass is 290 g/mol. The number of nitrogens with two attached hydrogens (primary N) is 1. The predicted molar refractivity (Wildman–Crippen MR) is 84.3 cm³/mol. The van der Waals surface area contributed by atoms with Crippen molar-refractivity contribution >= 4 is 6.09 Å². The van der Waals surface area contributed by atoms with E-state index in [4.69, 9.17) is 10.5 Å². The number of carbonyl (C=O) groups excluding carboxylic acids is 1. The van der Waals surface area contributed by atoms with Crippen LogP contribution in [-0.4, -0.2) is 35.7 Å². The van der Waals surface area contributed by atoms with Gasteiger partial charge in [0.25, 0.3) is 0 Å². The molecule has 1 fully saturated rings. The number of ether oxygens (including phenoxy) is 1. The van der Waals surface area contributed by atoms with Gasteiger partial charge in [-0.05, 0) is 39.7 Å². The Kier molecular flexibility index (Phi) is 4.57. The van der Waals surface area contributed by atoms with Gasteiger partial charge < -0.3 is 15.4 Å². The van der Waals surface area contributed by atoms with Crippen molar-refractivity contribution in [2.24, 2.45) is 5.73 Å². The maximum absolute atomic E-state index is 12.2. The third-order valence-corrected chi connectivity index (χ3v) is 3.79. The number of carbonyl (C=O) groups is 1. The zero-order valence-electron chi connectivity index (χ0n) is 13.4. The maximum atomic E-state index is 12.2. The lowest BCUT2D eigenvalue weighted by atomic mass is 9.86. The molecule has 2 N–H and O–H groups in total. The van der Waals surface area contributed by atoms with Crippen LogP contribution in [0.5, 0.6) is 0 Å². The van der Waals surface area contributed by atoms with Crippen LogP contribution < -0.4 is 5.73 Å². The smallest absolute Gasteiger partial charge is 0.410 e. The van der Waals surface area contributed by atoms with Crippen molar-refractivity contribution in [3.63, 3.8) is 0 Å². The van der Waals surface area contributed by atoms with Crippen LogP contribution in [0.2, 0.25) is 0 Å². The molecule has 0 unspecified atom stereocenters. The second kappa shape index (κ2) is 6.06. The number of hydrogen-bond acceptors (Lipinski definition) is 3. The lowest BCUT2D eigenvalue weighted by molar-refractivity contribution is 0.0186. The van der Waals surface area contributed by atoms with Crippen LogP contribution in [0.1, 0.15) is 44.2 Å². The van der Waals surface area contributed by atoms with Gasteiger partial charge in [0, 0.05) is 25.0 Å². The summed E-state index contributed by atoms with van der Waals surface area (Å²) in [5.74, 6) is 0.172. The van der Waals surface area contributed by atoms with Crippen LogP contribution in [0.15, 0.2) is 24.3 Å². The Morgan fingerprint density at radius 1 is 1.38 bits per heavy atom. The topological polar surface area (TPSA) is 55.6 Å². The van der Waals surface area contributed by atoms with Crippen molar-refractivity contribution in [3.05, 3.63) is 35.4 Å². The number of aryl methyl sites for hydroxylation is 1. The van der Waals surface area contributed by atoms with Crippen molar-refractivity contribution in [2.45, 2.75) is 51.7 Å². The molecule has 0 bridgehead atoms. The second-order valence-corrected chi connectivity index (χ2v) is 6.90. The summed E-state index contributed by atoms with van der Waals surface area (Å²) in [6.45, 7) is 9.03. The average molecular weight is 290 g/mol. The van der Waals surface area contributed by atoms with Crippen LogP contribution in [0, 0.1) is 6.92 Å². The Morgan fingerprint density at radius 2 is 2.10 bits per heavy atom. The molecular formula is C17H26N2O2. The molecule has 1 heterocycles. The molecule has 0 spiro atoms. The van der Waals surface area contributed by atoms with E-state index in [1.165, 1.54) is 11.1 Å². The third kappa shape index (κ3) is 4.21. The van der Waals surface area contributed by atoms with E-state index in [0.717, 1.165) is 6.42 Å². The van der Waals surface area contributed by atoms with E-state index in [1.807, 2.05) is 26.8 Å². The Bertz CT molecular complexity index is 508. The van der Waals surface area contributed by atoms with Crippen LogP contribution in [0.4, 0.5) is 4.79 Å². The Labute approximate surface area is 127 Å². The largest absolute Gasteiger partial charge is 0.444 e. The van der Waals surface area contributed by atoms with Crippen molar-refractivity contribution in [3.8, 4) is 0 Å². The molecule has 116 valence electrons. The van der Waals surface area contributed by atoms with Gasteiger partial charge in [-0.15, -0.1) is 0 Å². The quantitative estimate of drug-likeness (QED) is 0.865. The molecule has 1 amide bonds. The Balaban J connectivity index is 2.11. The highest BCUT2D eigenvalue weighted by atomic mass is 16.6. The van der Waals surface area contributed by atoms with Crippen LogP contribution in [0.3, 0.4) is 0 Å². The summed E-state index contributed by atoms with van der Waals surface area (Å²) in [5, 5.41) is 0. The first-order valence-corrected chi connectivity index (χ1v) is 7.56. The number of benzene rings is 1. The highest BCUT2D eigenvalue weighted by molar-refractivity contribution is 5.68. The van der Waals surface area contributed by atoms with Gasteiger partial charge in [0.1, 0.15) is 5.60 Å². The third-order valence-electron chi connectivity index (χ3n) is 3.79. The van der Waals surface area contributed by atoms with Crippen LogP contribution >= 0.6 is 0 Å². The molecule has 0 saturated carbocycles. The first-order valence-electron chi connectivity index (χ1n) is 7.56. The molecule has 1 aromatic rings. The van der Waals surface area contributed by atoms with E-state index in [1.54, 1.807) is 4.90 Å². The summed E-state index contributed by atoms with van der Waals surface area (Å²) in [7, 11) is 0. The minimum atomic E-state index is -0.463. The summed E-state index contributed by atoms with van der Waals surface area (Å²) in [5.41, 5.74) is 8.23. The highest BCUT2D eigenvalue weighted by Gasteiger charge is 2.32. The molecule has 21 heavy (non-hydrogen) atoms. The number of rotatable bonds is 1. The molecule has 0 aliphatic carbocycles. The molecule has 2 atom stereocenters. The number of hydrogen-bond donors (Lipinski definition) is 1. The first kappa shape index (κ1) is 15.8. The normalized spacial score (nSPS) is 23.0. The molecule has 1 aliphatic heterocycles. The van der Waals surface area contributed by atoms with Crippen LogP contribution in [-0.2, 0) is 4.74 Å². The van der Waals surface area contributed by atoms with E-state index in [-0.39, 0.29) is 18.1 Å². The fourth-order valence-electron chi connectivity index (χ4n) is 2.72. The molecule has 2 rings (SSSR count). The van der Waals surface area contributed by atoms with E-state index < -0.39 is 5.60 Å². The van der Waals surface area contributed by atoms with Gasteiger partial charge in [-0.3, -0.25) is 0 Å². The fourth-order valence-corrected chi connectivity index (χ4v) is 2.72. The summed E-state index contributed by atoms with van der Waals surface area (Å²) in [6, 6.07) is 8.46. The zero-order valence-corrected chi connectivity index (χ0v) is 13.4. The zero-order chi connectivity index (χ0) is 15.6. The van der Waals surface area contributed by atoms with Gasteiger partial charge in [0.05, 0.1) is 0 Å². The molecule has 1 aliphatic rings. The minimum Gasteiger partial charge on any atom is -0.444 e. The number of likely N-dealkylation sites (tertiary alicyclic amines) is 1. The number of nitrogens with zero attached hydrogens (tertiary/aromatic N) is 1. The summed E-state index contributed by atoms with van der Waals surface area (Å²) >= 11 is 0. The Hall–Kier alpha value is -1.55. The lowest BCUT2D eigenvalue weighted by Crippen LogP contribution is -2.49. The molecule has 0 aromatic heterocycles. The maximum Gasteiger partial charge on any atom is 0.410 e. The van der Waals surface area contributed by atoms with Gasteiger partial charge in [-0.25, -0.2) is 4.79 Å². The molecule has 4 nitrogen and oxygen atoms in total. The lowest BCUT2D eigenvalue weighted by Gasteiger charge is -2.37. The van der Waals surface area contributed by atoms with E-state index in [0.29, 0.717) is 13.1 Å². The predicted octanol–water partition coefficient (Wildman–Crippen LogP) is 3.05. The summed E-state index contributed by atoms with van der Waals surface area (Å²) in [6.07, 6.45) is 0.560. The van der Waals surface area contributed by atoms with Gasteiger partial charge in [-0.1, -0.05) is 29.8 Å². The van der Waals surface area contributed by atoms with Crippen LogP contribution in [0.25, 0.3) is 0 Å². The van der Waals surface area contributed by atoms with Crippen molar-refractivity contribution < 1.29 is 9.53 Å². The summed E-state index contributed by atoms with van der Waals surface area (Å²) < 4.78 is 5.47. The van der Waals surface area contributed by atoms with Crippen molar-refractivity contribution in [1.29, 1.82) is 0 Å². The first-order chi connectivity index (χ1) is 9.76. The Morgan fingerprint density at radius 3 is 2.71 bits per heavy atom. The molecule has 0 radical (unpaired) electrons.